The lowest BCUT2D eigenvalue weighted by molar-refractivity contribution is -0.121. The minimum atomic E-state index is -0.280. The molecule has 0 aliphatic rings. The Morgan fingerprint density at radius 3 is 2.81 bits per heavy atom. The van der Waals surface area contributed by atoms with Crippen molar-refractivity contribution >= 4 is 5.91 Å². The number of aliphatic hydroxyl groups is 1. The molecular weight excluding hydrogens is 206 g/mol. The average molecular weight is 225 g/mol. The quantitative estimate of drug-likeness (QED) is 0.746. The predicted molar refractivity (Wildman–Crippen MR) is 60.8 cm³/mol. The van der Waals surface area contributed by atoms with Gasteiger partial charge in [0.15, 0.2) is 0 Å². The Morgan fingerprint density at radius 2 is 2.31 bits per heavy atom. The number of nitrogens with one attached hydrogen (secondary N) is 1. The summed E-state index contributed by atoms with van der Waals surface area (Å²) in [7, 11) is 1.85. The van der Waals surface area contributed by atoms with Crippen LogP contribution < -0.4 is 5.32 Å². The number of aromatic nitrogens is 2. The van der Waals surface area contributed by atoms with Crippen LogP contribution >= 0.6 is 0 Å². The molecule has 16 heavy (non-hydrogen) atoms. The molecule has 1 aromatic heterocycles. The van der Waals surface area contributed by atoms with E-state index in [1.54, 1.807) is 12.4 Å². The lowest BCUT2D eigenvalue weighted by atomic mass is 9.95. The molecular formula is C11H19N3O2. The van der Waals surface area contributed by atoms with Crippen LogP contribution in [-0.2, 0) is 18.3 Å². The van der Waals surface area contributed by atoms with Crippen LogP contribution in [0.15, 0.2) is 12.4 Å². The molecule has 5 nitrogen and oxygen atoms in total. The molecule has 1 heterocycles. The van der Waals surface area contributed by atoms with E-state index in [2.05, 4.69) is 10.3 Å². The zero-order valence-corrected chi connectivity index (χ0v) is 10.0. The standard InChI is InChI=1S/C11H19N3O2/c1-11(2,8-15)7-13-10(16)6-9-12-4-5-14(9)3/h4-5,15H,6-8H2,1-3H3,(H,13,16). The molecule has 90 valence electrons. The van der Waals surface area contributed by atoms with E-state index in [-0.39, 0.29) is 24.3 Å². The topological polar surface area (TPSA) is 67.2 Å². The van der Waals surface area contributed by atoms with Crippen LogP contribution in [0.4, 0.5) is 0 Å². The molecule has 0 atom stereocenters. The molecule has 1 aromatic rings. The van der Waals surface area contributed by atoms with Crippen molar-refractivity contribution in [3.8, 4) is 0 Å². The van der Waals surface area contributed by atoms with Crippen molar-refractivity contribution < 1.29 is 9.90 Å². The molecule has 0 spiro atoms. The van der Waals surface area contributed by atoms with Gasteiger partial charge < -0.3 is 15.0 Å². The first-order valence-electron chi connectivity index (χ1n) is 5.28. The number of imidazole rings is 1. The van der Waals surface area contributed by atoms with E-state index in [0.29, 0.717) is 6.54 Å². The van der Waals surface area contributed by atoms with Crippen LogP contribution in [0.3, 0.4) is 0 Å². The van der Waals surface area contributed by atoms with Gasteiger partial charge in [0.25, 0.3) is 0 Å². The maximum absolute atomic E-state index is 11.6. The third-order valence-corrected chi connectivity index (χ3v) is 2.43. The van der Waals surface area contributed by atoms with Crippen molar-refractivity contribution in [2.75, 3.05) is 13.2 Å². The summed E-state index contributed by atoms with van der Waals surface area (Å²) in [6.07, 6.45) is 3.74. The van der Waals surface area contributed by atoms with Gasteiger partial charge in [-0.05, 0) is 0 Å². The van der Waals surface area contributed by atoms with E-state index < -0.39 is 0 Å². The Hall–Kier alpha value is -1.36. The van der Waals surface area contributed by atoms with E-state index >= 15 is 0 Å². The lowest BCUT2D eigenvalue weighted by Crippen LogP contribution is -2.37. The number of aliphatic hydroxyl groups excluding tert-OH is 1. The van der Waals surface area contributed by atoms with Gasteiger partial charge in [-0.3, -0.25) is 4.79 Å². The van der Waals surface area contributed by atoms with E-state index in [9.17, 15) is 4.79 Å². The van der Waals surface area contributed by atoms with Crippen molar-refractivity contribution in [1.82, 2.24) is 14.9 Å². The monoisotopic (exact) mass is 225 g/mol. The van der Waals surface area contributed by atoms with E-state index in [1.165, 1.54) is 0 Å². The minimum Gasteiger partial charge on any atom is -0.396 e. The number of hydrogen-bond acceptors (Lipinski definition) is 3. The Labute approximate surface area is 95.5 Å². The normalized spacial score (nSPS) is 11.5. The second kappa shape index (κ2) is 5.12. The Morgan fingerprint density at radius 1 is 1.62 bits per heavy atom. The fraction of sp³-hybridized carbons (Fsp3) is 0.636. The third-order valence-electron chi connectivity index (χ3n) is 2.43. The van der Waals surface area contributed by atoms with Crippen LogP contribution in [0.25, 0.3) is 0 Å². The maximum Gasteiger partial charge on any atom is 0.227 e. The fourth-order valence-corrected chi connectivity index (χ4v) is 1.17. The van der Waals surface area contributed by atoms with Gasteiger partial charge in [-0.25, -0.2) is 4.98 Å². The summed E-state index contributed by atoms with van der Waals surface area (Å²) in [5.41, 5.74) is -0.280. The summed E-state index contributed by atoms with van der Waals surface area (Å²) in [6, 6.07) is 0. The molecule has 0 radical (unpaired) electrons. The second-order valence-corrected chi connectivity index (χ2v) is 4.73. The van der Waals surface area contributed by atoms with Crippen molar-refractivity contribution in [3.05, 3.63) is 18.2 Å². The van der Waals surface area contributed by atoms with Crippen molar-refractivity contribution in [3.63, 3.8) is 0 Å². The molecule has 0 fully saturated rings. The molecule has 0 aliphatic carbocycles. The molecule has 1 amide bonds. The van der Waals surface area contributed by atoms with E-state index in [1.807, 2.05) is 25.5 Å². The SMILES string of the molecule is Cn1ccnc1CC(=O)NCC(C)(C)CO. The number of aryl methyl sites for hydroxylation is 1. The number of carbonyl (C=O) groups excluding carboxylic acids is 1. The van der Waals surface area contributed by atoms with Crippen LogP contribution in [0, 0.1) is 5.41 Å². The minimum absolute atomic E-state index is 0.0513. The first kappa shape index (κ1) is 12.7. The van der Waals surface area contributed by atoms with Gasteiger partial charge in [-0.15, -0.1) is 0 Å². The third kappa shape index (κ3) is 3.66. The van der Waals surface area contributed by atoms with Crippen LogP contribution in [0.2, 0.25) is 0 Å². The molecule has 0 saturated heterocycles. The fourth-order valence-electron chi connectivity index (χ4n) is 1.17. The molecule has 5 heteroatoms. The summed E-state index contributed by atoms with van der Waals surface area (Å²) in [4.78, 5) is 15.7. The van der Waals surface area contributed by atoms with E-state index in [4.69, 9.17) is 5.11 Å². The molecule has 0 unspecified atom stereocenters. The highest BCUT2D eigenvalue weighted by atomic mass is 16.3. The second-order valence-electron chi connectivity index (χ2n) is 4.73. The summed E-state index contributed by atoms with van der Waals surface area (Å²) in [6.45, 7) is 4.31. The number of hydrogen-bond donors (Lipinski definition) is 2. The molecule has 0 aromatic carbocycles. The highest BCUT2D eigenvalue weighted by molar-refractivity contribution is 5.77. The molecule has 2 N–H and O–H groups in total. The largest absolute Gasteiger partial charge is 0.396 e. The first-order valence-corrected chi connectivity index (χ1v) is 5.28. The number of amides is 1. The zero-order chi connectivity index (χ0) is 12.2. The van der Waals surface area contributed by atoms with Gasteiger partial charge >= 0.3 is 0 Å². The Balaban J connectivity index is 2.40. The van der Waals surface area contributed by atoms with Gasteiger partial charge in [0.2, 0.25) is 5.91 Å². The van der Waals surface area contributed by atoms with Gasteiger partial charge in [0.1, 0.15) is 5.82 Å². The number of nitrogens with zero attached hydrogens (tertiary/aromatic N) is 2. The summed E-state index contributed by atoms with van der Waals surface area (Å²) >= 11 is 0. The van der Waals surface area contributed by atoms with Gasteiger partial charge in [0, 0.05) is 38.0 Å². The Kier molecular flexibility index (Phi) is 4.06. The van der Waals surface area contributed by atoms with Gasteiger partial charge in [0.05, 0.1) is 6.42 Å². The zero-order valence-electron chi connectivity index (χ0n) is 10.0. The van der Waals surface area contributed by atoms with Crippen molar-refractivity contribution in [2.24, 2.45) is 12.5 Å². The summed E-state index contributed by atoms with van der Waals surface area (Å²) in [5.74, 6) is 0.662. The average Bonchev–Trinajstić information content (AvgIpc) is 2.62. The van der Waals surface area contributed by atoms with Crippen molar-refractivity contribution in [2.45, 2.75) is 20.3 Å². The summed E-state index contributed by atoms with van der Waals surface area (Å²) < 4.78 is 1.82. The van der Waals surface area contributed by atoms with Crippen LogP contribution in [0.1, 0.15) is 19.7 Å². The highest BCUT2D eigenvalue weighted by Crippen LogP contribution is 2.11. The molecule has 0 bridgehead atoms. The predicted octanol–water partition coefficient (Wildman–Crippen LogP) is 0.0973. The van der Waals surface area contributed by atoms with Crippen LogP contribution in [0.5, 0.6) is 0 Å². The molecule has 0 saturated carbocycles. The first-order chi connectivity index (χ1) is 7.44. The van der Waals surface area contributed by atoms with Crippen molar-refractivity contribution in [1.29, 1.82) is 0 Å². The summed E-state index contributed by atoms with van der Waals surface area (Å²) in [5, 5.41) is 11.8. The van der Waals surface area contributed by atoms with Gasteiger partial charge in [-0.1, -0.05) is 13.8 Å². The van der Waals surface area contributed by atoms with E-state index in [0.717, 1.165) is 5.82 Å². The van der Waals surface area contributed by atoms with Gasteiger partial charge in [-0.2, -0.15) is 0 Å². The maximum atomic E-state index is 11.6. The smallest absolute Gasteiger partial charge is 0.227 e. The highest BCUT2D eigenvalue weighted by Gasteiger charge is 2.17. The Bertz CT molecular complexity index is 358. The molecule has 1 rings (SSSR count). The molecule has 0 aliphatic heterocycles. The lowest BCUT2D eigenvalue weighted by Gasteiger charge is -2.21. The number of carbonyl (C=O) groups is 1. The van der Waals surface area contributed by atoms with Crippen LogP contribution in [-0.4, -0.2) is 33.7 Å². The number of rotatable bonds is 5.